The van der Waals surface area contributed by atoms with Crippen LogP contribution in [0.25, 0.3) is 11.0 Å². The highest BCUT2D eigenvalue weighted by Crippen LogP contribution is 2.15. The molecule has 2 aromatic rings. The molecule has 0 aliphatic heterocycles. The highest BCUT2D eigenvalue weighted by Gasteiger charge is 2.09. The lowest BCUT2D eigenvalue weighted by Gasteiger charge is -2.09. The van der Waals surface area contributed by atoms with Gasteiger partial charge in [-0.1, -0.05) is 19.1 Å². The van der Waals surface area contributed by atoms with Gasteiger partial charge in [-0.25, -0.2) is 14.4 Å². The third-order valence-electron chi connectivity index (χ3n) is 3.24. The molecule has 1 heterocycles. The third-order valence-corrected chi connectivity index (χ3v) is 4.41. The van der Waals surface area contributed by atoms with E-state index in [9.17, 15) is 8.42 Å². The number of aryl methyl sites for hydroxylation is 2. The Bertz CT molecular complexity index is 694. The number of benzene rings is 1. The SMILES string of the molecule is CCCNS(=O)(=O)NCCCn1c(C)nc2ccccc21. The topological polar surface area (TPSA) is 76.0 Å². The Hall–Kier alpha value is -1.44. The summed E-state index contributed by atoms with van der Waals surface area (Å²) < 4.78 is 30.3. The average molecular weight is 310 g/mol. The van der Waals surface area contributed by atoms with Crippen LogP contribution in [0.3, 0.4) is 0 Å². The Morgan fingerprint density at radius 2 is 1.90 bits per heavy atom. The van der Waals surface area contributed by atoms with E-state index in [1.807, 2.05) is 38.1 Å². The van der Waals surface area contributed by atoms with Gasteiger partial charge in [0.15, 0.2) is 0 Å². The number of hydrogen-bond acceptors (Lipinski definition) is 3. The first-order valence-corrected chi connectivity index (χ1v) is 8.68. The molecule has 0 radical (unpaired) electrons. The molecule has 116 valence electrons. The maximum atomic E-state index is 11.6. The molecule has 0 saturated heterocycles. The number of nitrogens with zero attached hydrogens (tertiary/aromatic N) is 2. The highest BCUT2D eigenvalue weighted by molar-refractivity contribution is 7.87. The van der Waals surface area contributed by atoms with Crippen molar-refractivity contribution in [2.75, 3.05) is 13.1 Å². The Kier molecular flexibility index (Phi) is 5.33. The van der Waals surface area contributed by atoms with Crippen molar-refractivity contribution in [2.24, 2.45) is 0 Å². The number of aromatic nitrogens is 2. The molecule has 0 atom stereocenters. The highest BCUT2D eigenvalue weighted by atomic mass is 32.2. The van der Waals surface area contributed by atoms with Crippen molar-refractivity contribution in [3.8, 4) is 0 Å². The predicted molar refractivity (Wildman–Crippen MR) is 84.3 cm³/mol. The average Bonchev–Trinajstić information content (AvgIpc) is 2.77. The van der Waals surface area contributed by atoms with Crippen LogP contribution in [-0.4, -0.2) is 31.1 Å². The summed E-state index contributed by atoms with van der Waals surface area (Å²) >= 11 is 0. The second-order valence-corrected chi connectivity index (χ2v) is 6.53. The summed E-state index contributed by atoms with van der Waals surface area (Å²) in [6.07, 6.45) is 1.50. The first-order valence-electron chi connectivity index (χ1n) is 7.19. The van der Waals surface area contributed by atoms with Crippen molar-refractivity contribution in [1.29, 1.82) is 0 Å². The quantitative estimate of drug-likeness (QED) is 0.727. The van der Waals surface area contributed by atoms with E-state index in [-0.39, 0.29) is 0 Å². The molecule has 0 bridgehead atoms. The Balaban J connectivity index is 1.90. The molecule has 1 aromatic carbocycles. The van der Waals surface area contributed by atoms with E-state index in [2.05, 4.69) is 19.0 Å². The van der Waals surface area contributed by atoms with Gasteiger partial charge in [0.2, 0.25) is 0 Å². The lowest BCUT2D eigenvalue weighted by Crippen LogP contribution is -2.37. The van der Waals surface area contributed by atoms with Gasteiger partial charge in [-0.15, -0.1) is 0 Å². The number of imidazole rings is 1. The normalized spacial score (nSPS) is 12.1. The van der Waals surface area contributed by atoms with Gasteiger partial charge in [-0.2, -0.15) is 8.42 Å². The van der Waals surface area contributed by atoms with Gasteiger partial charge < -0.3 is 4.57 Å². The van der Waals surface area contributed by atoms with Gasteiger partial charge in [0.05, 0.1) is 11.0 Å². The molecule has 0 aliphatic carbocycles. The summed E-state index contributed by atoms with van der Waals surface area (Å²) in [5.41, 5.74) is 2.06. The molecular weight excluding hydrogens is 288 g/mol. The minimum atomic E-state index is -3.36. The zero-order chi connectivity index (χ0) is 15.3. The van der Waals surface area contributed by atoms with Gasteiger partial charge in [-0.3, -0.25) is 0 Å². The summed E-state index contributed by atoms with van der Waals surface area (Å²) in [4.78, 5) is 4.49. The molecule has 1 aromatic heterocycles. The zero-order valence-electron chi connectivity index (χ0n) is 12.5. The largest absolute Gasteiger partial charge is 0.328 e. The van der Waals surface area contributed by atoms with E-state index in [1.165, 1.54) is 0 Å². The second-order valence-electron chi connectivity index (χ2n) is 4.95. The fourth-order valence-electron chi connectivity index (χ4n) is 2.21. The standard InChI is InChI=1S/C14H22N4O2S/c1-3-9-15-21(19,20)16-10-6-11-18-12(2)17-13-7-4-5-8-14(13)18/h4-5,7-8,15-16H,3,6,9-11H2,1-2H3. The number of nitrogens with one attached hydrogen (secondary N) is 2. The molecule has 0 aliphatic rings. The van der Waals surface area contributed by atoms with Crippen LogP contribution >= 0.6 is 0 Å². The fourth-order valence-corrected chi connectivity index (χ4v) is 3.20. The molecule has 2 N–H and O–H groups in total. The Morgan fingerprint density at radius 3 is 2.67 bits per heavy atom. The van der Waals surface area contributed by atoms with Gasteiger partial charge >= 0.3 is 0 Å². The third kappa shape index (κ3) is 4.26. The van der Waals surface area contributed by atoms with Gasteiger partial charge in [0.1, 0.15) is 5.82 Å². The summed E-state index contributed by atoms with van der Waals surface area (Å²) in [7, 11) is -3.36. The van der Waals surface area contributed by atoms with Crippen molar-refractivity contribution < 1.29 is 8.42 Å². The summed E-state index contributed by atoms with van der Waals surface area (Å²) in [5.74, 6) is 0.947. The van der Waals surface area contributed by atoms with Gasteiger partial charge in [0, 0.05) is 19.6 Å². The molecular formula is C14H22N4O2S. The maximum Gasteiger partial charge on any atom is 0.276 e. The van der Waals surface area contributed by atoms with E-state index < -0.39 is 10.2 Å². The predicted octanol–water partition coefficient (Wildman–Crippen LogP) is 1.57. The molecule has 2 rings (SSSR count). The first-order chi connectivity index (χ1) is 10.0. The summed E-state index contributed by atoms with van der Waals surface area (Å²) in [6.45, 7) is 5.50. The van der Waals surface area contributed by atoms with Crippen LogP contribution in [0.5, 0.6) is 0 Å². The van der Waals surface area contributed by atoms with Crippen molar-refractivity contribution >= 4 is 21.2 Å². The van der Waals surface area contributed by atoms with E-state index >= 15 is 0 Å². The number of fused-ring (bicyclic) bond motifs is 1. The molecule has 6 nitrogen and oxygen atoms in total. The van der Waals surface area contributed by atoms with Crippen LogP contribution in [0.15, 0.2) is 24.3 Å². The molecule has 0 fully saturated rings. The number of hydrogen-bond donors (Lipinski definition) is 2. The Morgan fingerprint density at radius 1 is 1.19 bits per heavy atom. The van der Waals surface area contributed by atoms with Gasteiger partial charge in [0.25, 0.3) is 10.2 Å². The fraction of sp³-hybridized carbons (Fsp3) is 0.500. The van der Waals surface area contributed by atoms with Crippen LogP contribution < -0.4 is 9.44 Å². The zero-order valence-corrected chi connectivity index (χ0v) is 13.3. The summed E-state index contributed by atoms with van der Waals surface area (Å²) in [6, 6.07) is 7.96. The van der Waals surface area contributed by atoms with E-state index in [0.29, 0.717) is 19.5 Å². The molecule has 0 amide bonds. The van der Waals surface area contributed by atoms with Crippen molar-refractivity contribution in [2.45, 2.75) is 33.2 Å². The number of rotatable bonds is 8. The van der Waals surface area contributed by atoms with Crippen LogP contribution in [0.4, 0.5) is 0 Å². The molecule has 21 heavy (non-hydrogen) atoms. The van der Waals surface area contributed by atoms with Crippen molar-refractivity contribution in [3.05, 3.63) is 30.1 Å². The van der Waals surface area contributed by atoms with E-state index in [4.69, 9.17) is 0 Å². The molecule has 0 saturated carbocycles. The lowest BCUT2D eigenvalue weighted by molar-refractivity contribution is 0.556. The molecule has 0 spiro atoms. The minimum Gasteiger partial charge on any atom is -0.328 e. The summed E-state index contributed by atoms with van der Waals surface area (Å²) in [5, 5.41) is 0. The lowest BCUT2D eigenvalue weighted by atomic mass is 10.3. The van der Waals surface area contributed by atoms with E-state index in [0.717, 1.165) is 29.8 Å². The van der Waals surface area contributed by atoms with Crippen LogP contribution in [-0.2, 0) is 16.8 Å². The first kappa shape index (κ1) is 15.9. The maximum absolute atomic E-state index is 11.6. The second kappa shape index (κ2) is 7.02. The monoisotopic (exact) mass is 310 g/mol. The van der Waals surface area contributed by atoms with Gasteiger partial charge in [-0.05, 0) is 31.9 Å². The van der Waals surface area contributed by atoms with E-state index in [1.54, 1.807) is 0 Å². The van der Waals surface area contributed by atoms with Crippen LogP contribution in [0.1, 0.15) is 25.6 Å². The Labute approximate surface area is 125 Å². The minimum absolute atomic E-state index is 0.408. The molecule has 0 unspecified atom stereocenters. The number of para-hydroxylation sites is 2. The smallest absolute Gasteiger partial charge is 0.276 e. The van der Waals surface area contributed by atoms with Crippen molar-refractivity contribution in [3.63, 3.8) is 0 Å². The van der Waals surface area contributed by atoms with Crippen molar-refractivity contribution in [1.82, 2.24) is 19.0 Å². The van der Waals surface area contributed by atoms with Crippen LogP contribution in [0, 0.1) is 6.92 Å². The van der Waals surface area contributed by atoms with Crippen LogP contribution in [0.2, 0.25) is 0 Å². The molecule has 7 heteroatoms.